The molecule has 3 nitrogen and oxygen atoms in total. The number of rotatable bonds is 3. The van der Waals surface area contributed by atoms with Crippen molar-refractivity contribution in [1.29, 1.82) is 5.26 Å². The highest BCUT2D eigenvalue weighted by molar-refractivity contribution is 5.52. The molecule has 2 aromatic rings. The van der Waals surface area contributed by atoms with E-state index in [4.69, 9.17) is 15.7 Å². The molecule has 0 saturated heterocycles. The quantitative estimate of drug-likeness (QED) is 0.815. The molecule has 0 atom stereocenters. The van der Waals surface area contributed by atoms with Gasteiger partial charge < -0.3 is 10.5 Å². The molecule has 0 saturated carbocycles. The van der Waals surface area contributed by atoms with Crippen molar-refractivity contribution in [3.8, 4) is 11.8 Å². The normalized spacial score (nSPS) is 9.59. The summed E-state index contributed by atoms with van der Waals surface area (Å²) in [6.07, 6.45) is 0. The number of hydrogen-bond donors (Lipinski definition) is 1. The zero-order valence-electron chi connectivity index (χ0n) is 9.26. The Kier molecular flexibility index (Phi) is 3.27. The third-order valence-electron chi connectivity index (χ3n) is 2.44. The van der Waals surface area contributed by atoms with Crippen LogP contribution in [-0.2, 0) is 6.61 Å². The minimum absolute atomic E-state index is 0.345. The fraction of sp³-hybridized carbons (Fsp3) is 0.0714. The molecule has 0 bridgehead atoms. The van der Waals surface area contributed by atoms with Crippen molar-refractivity contribution < 1.29 is 4.74 Å². The Morgan fingerprint density at radius 1 is 1.06 bits per heavy atom. The van der Waals surface area contributed by atoms with E-state index < -0.39 is 0 Å². The Morgan fingerprint density at radius 3 is 2.53 bits per heavy atom. The molecule has 0 radical (unpaired) electrons. The molecule has 0 aliphatic carbocycles. The third kappa shape index (κ3) is 2.56. The van der Waals surface area contributed by atoms with E-state index in [0.29, 0.717) is 23.6 Å². The van der Waals surface area contributed by atoms with E-state index in [1.165, 1.54) is 0 Å². The average Bonchev–Trinajstić information content (AvgIpc) is 2.38. The first-order valence-corrected chi connectivity index (χ1v) is 5.26. The number of hydrogen-bond acceptors (Lipinski definition) is 3. The molecule has 0 aliphatic heterocycles. The summed E-state index contributed by atoms with van der Waals surface area (Å²) in [7, 11) is 0. The maximum Gasteiger partial charge on any atom is 0.142 e. The van der Waals surface area contributed by atoms with Crippen LogP contribution in [0.3, 0.4) is 0 Å². The predicted octanol–water partition coefficient (Wildman–Crippen LogP) is 2.72. The van der Waals surface area contributed by atoms with Crippen molar-refractivity contribution in [2.75, 3.05) is 5.73 Å². The van der Waals surface area contributed by atoms with E-state index in [-0.39, 0.29) is 0 Å². The second kappa shape index (κ2) is 5.04. The summed E-state index contributed by atoms with van der Waals surface area (Å²) in [4.78, 5) is 0. The summed E-state index contributed by atoms with van der Waals surface area (Å²) in [6.45, 7) is 0.345. The van der Waals surface area contributed by atoms with Gasteiger partial charge in [-0.05, 0) is 18.2 Å². The molecule has 0 amide bonds. The van der Waals surface area contributed by atoms with Gasteiger partial charge in [-0.3, -0.25) is 0 Å². The lowest BCUT2D eigenvalue weighted by molar-refractivity contribution is 0.307. The van der Waals surface area contributed by atoms with Gasteiger partial charge in [0.25, 0.3) is 0 Å². The maximum absolute atomic E-state index is 8.94. The summed E-state index contributed by atoms with van der Waals surface area (Å²) < 4.78 is 5.59. The minimum Gasteiger partial charge on any atom is -0.487 e. The number of para-hydroxylation sites is 2. The number of nitrogen functional groups attached to an aromatic ring is 1. The largest absolute Gasteiger partial charge is 0.487 e. The van der Waals surface area contributed by atoms with Crippen LogP contribution in [0.1, 0.15) is 11.1 Å². The molecule has 84 valence electrons. The first kappa shape index (κ1) is 11.0. The molecular formula is C14H12N2O. The van der Waals surface area contributed by atoms with Crippen LogP contribution in [0, 0.1) is 11.3 Å². The average molecular weight is 224 g/mol. The number of nitrogens with zero attached hydrogens (tertiary/aromatic N) is 1. The Balaban J connectivity index is 2.13. The van der Waals surface area contributed by atoms with Gasteiger partial charge in [0.2, 0.25) is 0 Å². The minimum atomic E-state index is 0.345. The second-order valence-electron chi connectivity index (χ2n) is 3.60. The molecule has 0 aliphatic rings. The molecule has 2 rings (SSSR count). The van der Waals surface area contributed by atoms with Crippen molar-refractivity contribution in [1.82, 2.24) is 0 Å². The van der Waals surface area contributed by atoms with E-state index in [1.54, 1.807) is 12.1 Å². The zero-order chi connectivity index (χ0) is 12.1. The first-order chi connectivity index (χ1) is 8.31. The van der Waals surface area contributed by atoms with Crippen LogP contribution in [-0.4, -0.2) is 0 Å². The summed E-state index contributed by atoms with van der Waals surface area (Å²) in [5, 5.41) is 8.94. The van der Waals surface area contributed by atoms with Gasteiger partial charge in [-0.25, -0.2) is 0 Å². The van der Waals surface area contributed by atoms with Crippen LogP contribution in [0.5, 0.6) is 5.75 Å². The van der Waals surface area contributed by atoms with E-state index >= 15 is 0 Å². The van der Waals surface area contributed by atoms with E-state index in [2.05, 4.69) is 6.07 Å². The molecular weight excluding hydrogens is 212 g/mol. The van der Waals surface area contributed by atoms with Gasteiger partial charge in [-0.2, -0.15) is 5.26 Å². The maximum atomic E-state index is 8.94. The summed E-state index contributed by atoms with van der Waals surface area (Å²) in [5.41, 5.74) is 7.85. The van der Waals surface area contributed by atoms with Crippen LogP contribution in [0.15, 0.2) is 48.5 Å². The van der Waals surface area contributed by atoms with Gasteiger partial charge in [0.05, 0.1) is 17.3 Å². The molecule has 0 fully saturated rings. The monoisotopic (exact) mass is 224 g/mol. The topological polar surface area (TPSA) is 59.0 Å². The van der Waals surface area contributed by atoms with Crippen LogP contribution >= 0.6 is 0 Å². The molecule has 0 aromatic heterocycles. The second-order valence-corrected chi connectivity index (χ2v) is 3.60. The van der Waals surface area contributed by atoms with Crippen molar-refractivity contribution in [2.24, 2.45) is 0 Å². The Bertz CT molecular complexity index is 558. The standard InChI is InChI=1S/C14H12N2O/c15-9-11-5-1-2-6-12(11)10-17-14-8-4-3-7-13(14)16/h1-8H,10,16H2. The number of nitrogens with two attached hydrogens (primary N) is 1. The van der Waals surface area contributed by atoms with Crippen molar-refractivity contribution >= 4 is 5.69 Å². The van der Waals surface area contributed by atoms with Crippen LogP contribution in [0.2, 0.25) is 0 Å². The molecule has 0 unspecified atom stereocenters. The Labute approximate surface area is 100 Å². The lowest BCUT2D eigenvalue weighted by Crippen LogP contribution is -2.00. The number of ether oxygens (including phenoxy) is 1. The molecule has 0 heterocycles. The van der Waals surface area contributed by atoms with Gasteiger partial charge >= 0.3 is 0 Å². The first-order valence-electron chi connectivity index (χ1n) is 5.26. The Morgan fingerprint density at radius 2 is 1.76 bits per heavy atom. The summed E-state index contributed by atoms with van der Waals surface area (Å²) in [5.74, 6) is 0.639. The van der Waals surface area contributed by atoms with Gasteiger partial charge in [0.15, 0.2) is 0 Å². The number of anilines is 1. The molecule has 3 heteroatoms. The van der Waals surface area contributed by atoms with Gasteiger partial charge in [-0.15, -0.1) is 0 Å². The molecule has 2 aromatic carbocycles. The molecule has 0 spiro atoms. The van der Waals surface area contributed by atoms with E-state index in [9.17, 15) is 0 Å². The molecule has 17 heavy (non-hydrogen) atoms. The summed E-state index contributed by atoms with van der Waals surface area (Å²) in [6, 6.07) is 16.8. The fourth-order valence-corrected chi connectivity index (χ4v) is 1.52. The lowest BCUT2D eigenvalue weighted by Gasteiger charge is -2.09. The fourth-order valence-electron chi connectivity index (χ4n) is 1.52. The van der Waals surface area contributed by atoms with Crippen molar-refractivity contribution in [3.05, 3.63) is 59.7 Å². The predicted molar refractivity (Wildman–Crippen MR) is 66.3 cm³/mol. The highest BCUT2D eigenvalue weighted by atomic mass is 16.5. The van der Waals surface area contributed by atoms with E-state index in [0.717, 1.165) is 5.56 Å². The molecule has 2 N–H and O–H groups in total. The SMILES string of the molecule is N#Cc1ccccc1COc1ccccc1N. The van der Waals surface area contributed by atoms with Crippen LogP contribution in [0.25, 0.3) is 0 Å². The van der Waals surface area contributed by atoms with E-state index in [1.807, 2.05) is 36.4 Å². The van der Waals surface area contributed by atoms with Gasteiger partial charge in [0, 0.05) is 5.56 Å². The lowest BCUT2D eigenvalue weighted by atomic mass is 10.1. The summed E-state index contributed by atoms with van der Waals surface area (Å²) >= 11 is 0. The zero-order valence-corrected chi connectivity index (χ0v) is 9.26. The van der Waals surface area contributed by atoms with Gasteiger partial charge in [0.1, 0.15) is 12.4 Å². The van der Waals surface area contributed by atoms with Gasteiger partial charge in [-0.1, -0.05) is 30.3 Å². The highest BCUT2D eigenvalue weighted by Gasteiger charge is 2.03. The van der Waals surface area contributed by atoms with Crippen molar-refractivity contribution in [3.63, 3.8) is 0 Å². The number of benzene rings is 2. The van der Waals surface area contributed by atoms with Crippen LogP contribution in [0.4, 0.5) is 5.69 Å². The van der Waals surface area contributed by atoms with Crippen LogP contribution < -0.4 is 10.5 Å². The van der Waals surface area contributed by atoms with Crippen molar-refractivity contribution in [2.45, 2.75) is 6.61 Å². The highest BCUT2D eigenvalue weighted by Crippen LogP contribution is 2.21. The third-order valence-corrected chi connectivity index (χ3v) is 2.44. The smallest absolute Gasteiger partial charge is 0.142 e. The number of nitriles is 1. The Hall–Kier alpha value is -2.47.